The van der Waals surface area contributed by atoms with Gasteiger partial charge >= 0.3 is 0 Å². The Bertz CT molecular complexity index is 386. The Hall–Kier alpha value is -1.32. The van der Waals surface area contributed by atoms with E-state index in [9.17, 15) is 4.79 Å². The molecule has 88 valence electrons. The van der Waals surface area contributed by atoms with Crippen LogP contribution in [0.5, 0.6) is 0 Å². The molecular weight excluding hydrogens is 202 g/mol. The number of nitrogens with zero attached hydrogens (tertiary/aromatic N) is 2. The van der Waals surface area contributed by atoms with Crippen LogP contribution in [0, 0.1) is 11.8 Å². The molecule has 0 amide bonds. The van der Waals surface area contributed by atoms with Crippen molar-refractivity contribution in [3.05, 3.63) is 11.8 Å². The zero-order valence-corrected chi connectivity index (χ0v) is 9.89. The molecule has 0 spiro atoms. The lowest BCUT2D eigenvalue weighted by Crippen LogP contribution is -2.24. The minimum Gasteiger partial charge on any atom is -0.383 e. The number of aldehydes is 1. The van der Waals surface area contributed by atoms with Gasteiger partial charge in [-0.15, -0.1) is 0 Å². The summed E-state index contributed by atoms with van der Waals surface area (Å²) >= 11 is 0. The fraction of sp³-hybridized carbons (Fsp3) is 0.667. The molecule has 3 unspecified atom stereocenters. The molecule has 1 aromatic heterocycles. The van der Waals surface area contributed by atoms with Gasteiger partial charge in [-0.05, 0) is 31.1 Å². The number of nitrogen functional groups attached to an aromatic ring is 1. The van der Waals surface area contributed by atoms with Crippen LogP contribution in [-0.2, 0) is 0 Å². The molecule has 4 heteroatoms. The smallest absolute Gasteiger partial charge is 0.155 e. The summed E-state index contributed by atoms with van der Waals surface area (Å²) in [6, 6.07) is 0.361. The highest BCUT2D eigenvalue weighted by atomic mass is 16.1. The molecule has 1 fully saturated rings. The lowest BCUT2D eigenvalue weighted by Gasteiger charge is -2.32. The van der Waals surface area contributed by atoms with E-state index in [2.05, 4.69) is 18.9 Å². The predicted octanol–water partition coefficient (Wildman–Crippen LogP) is 2.28. The Morgan fingerprint density at radius 1 is 1.44 bits per heavy atom. The molecule has 1 aliphatic carbocycles. The third-order valence-electron chi connectivity index (χ3n) is 3.91. The van der Waals surface area contributed by atoms with Gasteiger partial charge in [0, 0.05) is 0 Å². The first-order chi connectivity index (χ1) is 7.63. The van der Waals surface area contributed by atoms with E-state index in [1.165, 1.54) is 6.42 Å². The summed E-state index contributed by atoms with van der Waals surface area (Å²) in [6.45, 7) is 4.57. The average Bonchev–Trinajstić information content (AvgIpc) is 2.64. The Labute approximate surface area is 95.8 Å². The van der Waals surface area contributed by atoms with Crippen LogP contribution >= 0.6 is 0 Å². The zero-order chi connectivity index (χ0) is 11.7. The Kier molecular flexibility index (Phi) is 2.99. The van der Waals surface area contributed by atoms with E-state index in [1.807, 2.05) is 4.68 Å². The van der Waals surface area contributed by atoms with Crippen molar-refractivity contribution in [2.24, 2.45) is 11.8 Å². The van der Waals surface area contributed by atoms with Crippen LogP contribution in [0.25, 0.3) is 0 Å². The second-order valence-electron chi connectivity index (χ2n) is 4.97. The molecule has 0 aliphatic heterocycles. The van der Waals surface area contributed by atoms with Crippen LogP contribution in [-0.4, -0.2) is 16.1 Å². The maximum Gasteiger partial charge on any atom is 0.155 e. The summed E-state index contributed by atoms with van der Waals surface area (Å²) in [5.41, 5.74) is 6.40. The summed E-state index contributed by atoms with van der Waals surface area (Å²) in [7, 11) is 0. The van der Waals surface area contributed by atoms with Crippen molar-refractivity contribution >= 4 is 12.1 Å². The van der Waals surface area contributed by atoms with Crippen LogP contribution in [0.1, 0.15) is 49.5 Å². The van der Waals surface area contributed by atoms with Gasteiger partial charge in [-0.25, -0.2) is 4.68 Å². The highest BCUT2D eigenvalue weighted by Crippen LogP contribution is 2.37. The fourth-order valence-electron chi connectivity index (χ4n) is 2.51. The third kappa shape index (κ3) is 1.84. The molecular formula is C12H19N3O. The highest BCUT2D eigenvalue weighted by molar-refractivity contribution is 5.81. The monoisotopic (exact) mass is 221 g/mol. The summed E-state index contributed by atoms with van der Waals surface area (Å²) in [6.07, 6.45) is 5.75. The van der Waals surface area contributed by atoms with Crippen molar-refractivity contribution in [3.63, 3.8) is 0 Å². The maximum absolute atomic E-state index is 10.7. The average molecular weight is 221 g/mol. The number of rotatable bonds is 2. The summed E-state index contributed by atoms with van der Waals surface area (Å²) < 4.78 is 1.83. The number of carbonyl (C=O) groups excluding carboxylic acids is 1. The molecule has 16 heavy (non-hydrogen) atoms. The van der Waals surface area contributed by atoms with E-state index in [4.69, 9.17) is 5.73 Å². The molecule has 1 aromatic rings. The van der Waals surface area contributed by atoms with Crippen LogP contribution in [0.4, 0.5) is 5.82 Å². The number of hydrogen-bond donors (Lipinski definition) is 1. The first-order valence-corrected chi connectivity index (χ1v) is 5.91. The molecule has 4 nitrogen and oxygen atoms in total. The van der Waals surface area contributed by atoms with Crippen molar-refractivity contribution in [3.8, 4) is 0 Å². The molecule has 3 atom stereocenters. The maximum atomic E-state index is 10.7. The van der Waals surface area contributed by atoms with E-state index in [-0.39, 0.29) is 0 Å². The summed E-state index contributed by atoms with van der Waals surface area (Å²) in [5, 5.41) is 4.23. The van der Waals surface area contributed by atoms with Gasteiger partial charge in [0.1, 0.15) is 5.82 Å². The lowest BCUT2D eigenvalue weighted by atomic mass is 9.79. The molecule has 0 saturated heterocycles. The van der Waals surface area contributed by atoms with Gasteiger partial charge in [0.25, 0.3) is 0 Å². The van der Waals surface area contributed by atoms with Crippen molar-refractivity contribution < 1.29 is 4.79 Å². The number of nitrogens with two attached hydrogens (primary N) is 1. The van der Waals surface area contributed by atoms with E-state index >= 15 is 0 Å². The fourth-order valence-corrected chi connectivity index (χ4v) is 2.51. The number of hydrogen-bond acceptors (Lipinski definition) is 3. The van der Waals surface area contributed by atoms with Gasteiger partial charge in [-0.1, -0.05) is 13.8 Å². The van der Waals surface area contributed by atoms with E-state index < -0.39 is 0 Å². The lowest BCUT2D eigenvalue weighted by molar-refractivity contribution is 0.112. The molecule has 0 bridgehead atoms. The van der Waals surface area contributed by atoms with Crippen LogP contribution in [0.3, 0.4) is 0 Å². The van der Waals surface area contributed by atoms with Crippen molar-refractivity contribution in [1.82, 2.24) is 9.78 Å². The molecule has 1 heterocycles. The summed E-state index contributed by atoms with van der Waals surface area (Å²) in [5.74, 6) is 1.99. The number of anilines is 1. The first-order valence-electron chi connectivity index (χ1n) is 5.91. The van der Waals surface area contributed by atoms with Crippen molar-refractivity contribution in [2.75, 3.05) is 5.73 Å². The van der Waals surface area contributed by atoms with Crippen LogP contribution < -0.4 is 5.73 Å². The van der Waals surface area contributed by atoms with E-state index in [0.717, 1.165) is 25.0 Å². The molecule has 0 radical (unpaired) electrons. The topological polar surface area (TPSA) is 60.9 Å². The minimum absolute atomic E-state index is 0.361. The van der Waals surface area contributed by atoms with Gasteiger partial charge in [-0.3, -0.25) is 4.79 Å². The van der Waals surface area contributed by atoms with Gasteiger partial charge in [0.2, 0.25) is 0 Å². The Morgan fingerprint density at radius 2 is 2.19 bits per heavy atom. The standard InChI is InChI=1S/C12H19N3O/c1-8-3-4-11(5-9(8)2)15-12(13)10(7-16)6-14-15/h6-9,11H,3-5,13H2,1-2H3. The normalized spacial score (nSPS) is 30.2. The van der Waals surface area contributed by atoms with E-state index in [0.29, 0.717) is 23.3 Å². The second kappa shape index (κ2) is 4.28. The third-order valence-corrected chi connectivity index (χ3v) is 3.91. The Balaban J connectivity index is 2.18. The van der Waals surface area contributed by atoms with E-state index in [1.54, 1.807) is 6.20 Å². The van der Waals surface area contributed by atoms with Crippen molar-refractivity contribution in [1.29, 1.82) is 0 Å². The molecule has 2 rings (SSSR count). The molecule has 0 aromatic carbocycles. The first kappa shape index (κ1) is 11.2. The number of carbonyl (C=O) groups is 1. The van der Waals surface area contributed by atoms with Gasteiger partial charge in [0.05, 0.1) is 17.8 Å². The quantitative estimate of drug-likeness (QED) is 0.779. The molecule has 1 aliphatic rings. The zero-order valence-electron chi connectivity index (χ0n) is 9.89. The van der Waals surface area contributed by atoms with Gasteiger partial charge in [-0.2, -0.15) is 5.10 Å². The van der Waals surface area contributed by atoms with Crippen LogP contribution in [0.15, 0.2) is 6.20 Å². The second-order valence-corrected chi connectivity index (χ2v) is 4.97. The molecule has 2 N–H and O–H groups in total. The largest absolute Gasteiger partial charge is 0.383 e. The highest BCUT2D eigenvalue weighted by Gasteiger charge is 2.27. The van der Waals surface area contributed by atoms with Crippen LogP contribution in [0.2, 0.25) is 0 Å². The predicted molar refractivity (Wildman–Crippen MR) is 63.2 cm³/mol. The minimum atomic E-state index is 0.361. The summed E-state index contributed by atoms with van der Waals surface area (Å²) in [4.78, 5) is 10.7. The Morgan fingerprint density at radius 3 is 2.75 bits per heavy atom. The van der Waals surface area contributed by atoms with Crippen molar-refractivity contribution in [2.45, 2.75) is 39.2 Å². The molecule has 1 saturated carbocycles. The van der Waals surface area contributed by atoms with Gasteiger partial charge < -0.3 is 5.73 Å². The van der Waals surface area contributed by atoms with Gasteiger partial charge in [0.15, 0.2) is 6.29 Å². The number of aromatic nitrogens is 2. The SMILES string of the molecule is CC1CCC(n2ncc(C=O)c2N)CC1C.